The minimum atomic E-state index is -0.194. The molecule has 0 N–H and O–H groups in total. The number of halogens is 1. The largest absolute Gasteiger partial charge is 0.338 e. The molecule has 1 aliphatic rings. The van der Waals surface area contributed by atoms with Crippen molar-refractivity contribution in [2.24, 2.45) is 0 Å². The molecule has 1 aromatic carbocycles. The van der Waals surface area contributed by atoms with Gasteiger partial charge in [-0.25, -0.2) is 13.9 Å². The van der Waals surface area contributed by atoms with E-state index < -0.39 is 0 Å². The minimum absolute atomic E-state index is 0.0507. The molecular formula is C26H26FN5O. The first-order valence-corrected chi connectivity index (χ1v) is 11.3. The number of rotatable bonds is 4. The number of fused-ring (bicyclic) bond motifs is 1. The van der Waals surface area contributed by atoms with Gasteiger partial charge in [0.2, 0.25) is 0 Å². The van der Waals surface area contributed by atoms with E-state index in [2.05, 4.69) is 16.1 Å². The van der Waals surface area contributed by atoms with Crippen molar-refractivity contribution in [3.05, 3.63) is 94.4 Å². The van der Waals surface area contributed by atoms with Crippen LogP contribution >= 0.6 is 0 Å². The molecule has 3 aromatic heterocycles. The van der Waals surface area contributed by atoms with E-state index in [0.717, 1.165) is 35.4 Å². The third kappa shape index (κ3) is 4.35. The first kappa shape index (κ1) is 21.2. The van der Waals surface area contributed by atoms with Gasteiger partial charge in [-0.3, -0.25) is 9.78 Å². The van der Waals surface area contributed by atoms with Crippen LogP contribution in [-0.4, -0.2) is 43.5 Å². The Morgan fingerprint density at radius 3 is 2.88 bits per heavy atom. The van der Waals surface area contributed by atoms with Gasteiger partial charge in [0, 0.05) is 49.2 Å². The number of aryl methyl sites for hydroxylation is 2. The van der Waals surface area contributed by atoms with Crippen LogP contribution in [0.3, 0.4) is 0 Å². The van der Waals surface area contributed by atoms with Crippen LogP contribution in [0.2, 0.25) is 0 Å². The lowest BCUT2D eigenvalue weighted by atomic mass is 9.92. The zero-order valence-corrected chi connectivity index (χ0v) is 18.8. The highest BCUT2D eigenvalue weighted by Crippen LogP contribution is 2.28. The van der Waals surface area contributed by atoms with Crippen molar-refractivity contribution in [1.82, 2.24) is 24.5 Å². The maximum Gasteiger partial charge on any atom is 0.259 e. The molecule has 4 aromatic rings. The summed E-state index contributed by atoms with van der Waals surface area (Å²) in [5.41, 5.74) is 5.66. The normalized spacial score (nSPS) is 16.3. The standard InChI is InChI=1S/C26H26FN5O/c1-17-13-28-25-22(14-29-32(25)15-17)26(33)31-9-5-7-21(16-31)24-12-19(10-18(2)30-24)11-20-6-3-4-8-23(20)27/h3-4,6,8,10,12-15,21H,5,7,9,11,16H2,1-2H3. The van der Waals surface area contributed by atoms with E-state index in [1.54, 1.807) is 23.0 Å². The minimum Gasteiger partial charge on any atom is -0.338 e. The predicted octanol–water partition coefficient (Wildman–Crippen LogP) is 4.49. The first-order chi connectivity index (χ1) is 16.0. The molecule has 0 spiro atoms. The molecule has 4 heterocycles. The molecule has 33 heavy (non-hydrogen) atoms. The fourth-order valence-electron chi connectivity index (χ4n) is 4.63. The Kier molecular flexibility index (Phi) is 5.62. The molecule has 0 bridgehead atoms. The number of nitrogens with zero attached hydrogens (tertiary/aromatic N) is 5. The van der Waals surface area contributed by atoms with Gasteiger partial charge < -0.3 is 4.90 Å². The van der Waals surface area contributed by atoms with Gasteiger partial charge >= 0.3 is 0 Å². The smallest absolute Gasteiger partial charge is 0.259 e. The second-order valence-electron chi connectivity index (χ2n) is 8.86. The number of pyridine rings is 1. The molecule has 168 valence electrons. The van der Waals surface area contributed by atoms with E-state index in [-0.39, 0.29) is 17.6 Å². The highest BCUT2D eigenvalue weighted by Gasteiger charge is 2.28. The van der Waals surface area contributed by atoms with Crippen molar-refractivity contribution in [3.8, 4) is 0 Å². The fourth-order valence-corrected chi connectivity index (χ4v) is 4.63. The maximum absolute atomic E-state index is 14.2. The Bertz CT molecular complexity index is 1330. The predicted molar refractivity (Wildman–Crippen MR) is 124 cm³/mol. The molecule has 1 fully saturated rings. The summed E-state index contributed by atoms with van der Waals surface area (Å²) in [6, 6.07) is 10.9. The lowest BCUT2D eigenvalue weighted by Crippen LogP contribution is -2.39. The quantitative estimate of drug-likeness (QED) is 0.466. The monoisotopic (exact) mass is 443 g/mol. The van der Waals surface area contributed by atoms with Crippen molar-refractivity contribution in [3.63, 3.8) is 0 Å². The van der Waals surface area contributed by atoms with Crippen LogP contribution in [0.1, 0.15) is 57.2 Å². The Hall–Kier alpha value is -3.61. The number of hydrogen-bond acceptors (Lipinski definition) is 4. The van der Waals surface area contributed by atoms with Crippen LogP contribution in [0.5, 0.6) is 0 Å². The number of piperidine rings is 1. The summed E-state index contributed by atoms with van der Waals surface area (Å²) in [6.45, 7) is 5.21. The van der Waals surface area contributed by atoms with Crippen LogP contribution < -0.4 is 0 Å². The maximum atomic E-state index is 14.2. The Balaban J connectivity index is 1.37. The van der Waals surface area contributed by atoms with E-state index in [9.17, 15) is 9.18 Å². The van der Waals surface area contributed by atoms with Crippen molar-refractivity contribution < 1.29 is 9.18 Å². The van der Waals surface area contributed by atoms with Gasteiger partial charge in [-0.05, 0) is 61.6 Å². The van der Waals surface area contributed by atoms with Gasteiger partial charge in [0.05, 0.1) is 6.20 Å². The number of amides is 1. The molecule has 6 nitrogen and oxygen atoms in total. The summed E-state index contributed by atoms with van der Waals surface area (Å²) < 4.78 is 15.8. The summed E-state index contributed by atoms with van der Waals surface area (Å²) in [6.07, 6.45) is 7.61. The molecule has 0 radical (unpaired) electrons. The summed E-state index contributed by atoms with van der Waals surface area (Å²) in [5, 5.41) is 4.31. The Labute approximate surface area is 192 Å². The van der Waals surface area contributed by atoms with Gasteiger partial charge in [0.25, 0.3) is 5.91 Å². The lowest BCUT2D eigenvalue weighted by molar-refractivity contribution is 0.0707. The van der Waals surface area contributed by atoms with Crippen LogP contribution in [0.25, 0.3) is 5.65 Å². The number of carbonyl (C=O) groups excluding carboxylic acids is 1. The number of likely N-dealkylation sites (tertiary alicyclic amines) is 1. The van der Waals surface area contributed by atoms with Gasteiger partial charge in [-0.1, -0.05) is 18.2 Å². The average molecular weight is 444 g/mol. The molecule has 0 saturated carbocycles. The SMILES string of the molecule is Cc1cnc2c(C(=O)N3CCCC(c4cc(Cc5ccccc5F)cc(C)n4)C3)cnn2c1. The number of aromatic nitrogens is 4. The third-order valence-corrected chi connectivity index (χ3v) is 6.23. The fraction of sp³-hybridized carbons (Fsp3) is 0.308. The van der Waals surface area contributed by atoms with Gasteiger partial charge in [0.1, 0.15) is 11.4 Å². The van der Waals surface area contributed by atoms with Crippen molar-refractivity contribution in [2.45, 2.75) is 39.0 Å². The molecule has 0 aliphatic carbocycles. The van der Waals surface area contributed by atoms with E-state index in [0.29, 0.717) is 36.3 Å². The van der Waals surface area contributed by atoms with E-state index >= 15 is 0 Å². The van der Waals surface area contributed by atoms with E-state index in [4.69, 9.17) is 4.98 Å². The molecular weight excluding hydrogens is 417 g/mol. The molecule has 7 heteroatoms. The molecule has 1 atom stereocenters. The van der Waals surface area contributed by atoms with Gasteiger partial charge in [-0.15, -0.1) is 0 Å². The molecule has 1 saturated heterocycles. The van der Waals surface area contributed by atoms with Gasteiger partial charge in [0.15, 0.2) is 5.65 Å². The molecule has 1 aliphatic heterocycles. The lowest BCUT2D eigenvalue weighted by Gasteiger charge is -2.32. The summed E-state index contributed by atoms with van der Waals surface area (Å²) in [4.78, 5) is 24.4. The van der Waals surface area contributed by atoms with Crippen LogP contribution in [0.15, 0.2) is 55.0 Å². The number of benzene rings is 1. The zero-order valence-electron chi connectivity index (χ0n) is 18.8. The third-order valence-electron chi connectivity index (χ3n) is 6.23. The first-order valence-electron chi connectivity index (χ1n) is 11.3. The Morgan fingerprint density at radius 2 is 2.03 bits per heavy atom. The summed E-state index contributed by atoms with van der Waals surface area (Å²) in [5.74, 6) is -0.107. The summed E-state index contributed by atoms with van der Waals surface area (Å²) >= 11 is 0. The second-order valence-corrected chi connectivity index (χ2v) is 8.86. The average Bonchev–Trinajstić information content (AvgIpc) is 3.23. The molecule has 1 amide bonds. The molecule has 5 rings (SSSR count). The molecule has 1 unspecified atom stereocenters. The second kappa shape index (κ2) is 8.73. The van der Waals surface area contributed by atoms with Crippen molar-refractivity contribution >= 4 is 11.6 Å². The zero-order chi connectivity index (χ0) is 22.9. The highest BCUT2D eigenvalue weighted by molar-refractivity contribution is 5.99. The van der Waals surface area contributed by atoms with Crippen LogP contribution in [0.4, 0.5) is 4.39 Å². The van der Waals surface area contributed by atoms with Crippen LogP contribution in [0, 0.1) is 19.7 Å². The highest BCUT2D eigenvalue weighted by atomic mass is 19.1. The van der Waals surface area contributed by atoms with Crippen molar-refractivity contribution in [2.75, 3.05) is 13.1 Å². The van der Waals surface area contributed by atoms with Crippen molar-refractivity contribution in [1.29, 1.82) is 0 Å². The summed E-state index contributed by atoms with van der Waals surface area (Å²) in [7, 11) is 0. The number of hydrogen-bond donors (Lipinski definition) is 0. The topological polar surface area (TPSA) is 63.4 Å². The van der Waals surface area contributed by atoms with E-state index in [1.165, 1.54) is 6.07 Å². The van der Waals surface area contributed by atoms with Crippen LogP contribution in [-0.2, 0) is 6.42 Å². The number of carbonyl (C=O) groups is 1. The van der Waals surface area contributed by atoms with Gasteiger partial charge in [-0.2, -0.15) is 5.10 Å². The van der Waals surface area contributed by atoms with E-state index in [1.807, 2.05) is 43.1 Å². The Morgan fingerprint density at radius 1 is 1.18 bits per heavy atom.